The van der Waals surface area contributed by atoms with Gasteiger partial charge in [-0.2, -0.15) is 0 Å². The van der Waals surface area contributed by atoms with Crippen molar-refractivity contribution in [3.8, 4) is 0 Å². The van der Waals surface area contributed by atoms with E-state index in [2.05, 4.69) is 27.9 Å². The van der Waals surface area contributed by atoms with Crippen molar-refractivity contribution in [1.82, 2.24) is 5.32 Å². The predicted octanol–water partition coefficient (Wildman–Crippen LogP) is 2.85. The fraction of sp³-hybridized carbons (Fsp3) is 0.400. The second kappa shape index (κ2) is 3.92. The number of halogens is 2. The zero-order valence-corrected chi connectivity index (χ0v) is 9.34. The van der Waals surface area contributed by atoms with E-state index in [9.17, 15) is 4.39 Å². The molecule has 0 bridgehead atoms. The van der Waals surface area contributed by atoms with Crippen molar-refractivity contribution in [1.29, 1.82) is 0 Å². The maximum absolute atomic E-state index is 13.0. The molecule has 1 atom stereocenters. The summed E-state index contributed by atoms with van der Waals surface area (Å²) in [7, 11) is 0. The Morgan fingerprint density at radius 3 is 2.85 bits per heavy atom. The molecule has 1 saturated heterocycles. The van der Waals surface area contributed by atoms with Crippen LogP contribution in [0.15, 0.2) is 18.2 Å². The summed E-state index contributed by atoms with van der Waals surface area (Å²) in [5.41, 5.74) is 1.09. The van der Waals surface area contributed by atoms with Crippen LogP contribution in [0.2, 0.25) is 0 Å². The average molecular weight is 291 g/mol. The van der Waals surface area contributed by atoms with Crippen LogP contribution in [0.5, 0.6) is 0 Å². The number of rotatable bonds is 1. The lowest BCUT2D eigenvalue weighted by molar-refractivity contribution is 0.605. The van der Waals surface area contributed by atoms with Gasteiger partial charge in [0.2, 0.25) is 0 Å². The van der Waals surface area contributed by atoms with E-state index in [0.717, 1.165) is 22.1 Å². The van der Waals surface area contributed by atoms with Crippen molar-refractivity contribution in [3.05, 3.63) is 33.1 Å². The van der Waals surface area contributed by atoms with Gasteiger partial charge in [0.25, 0.3) is 0 Å². The zero-order chi connectivity index (χ0) is 9.26. The highest BCUT2D eigenvalue weighted by molar-refractivity contribution is 14.1. The molecule has 1 nitrogen and oxygen atoms in total. The van der Waals surface area contributed by atoms with Gasteiger partial charge in [-0.05, 0) is 65.7 Å². The first kappa shape index (κ1) is 9.40. The van der Waals surface area contributed by atoms with Gasteiger partial charge in [0.1, 0.15) is 5.82 Å². The molecule has 0 saturated carbocycles. The van der Waals surface area contributed by atoms with E-state index >= 15 is 0 Å². The summed E-state index contributed by atoms with van der Waals surface area (Å²) in [4.78, 5) is 0. The highest BCUT2D eigenvalue weighted by atomic mass is 127. The van der Waals surface area contributed by atoms with Gasteiger partial charge in [0.15, 0.2) is 0 Å². The van der Waals surface area contributed by atoms with Gasteiger partial charge < -0.3 is 5.32 Å². The van der Waals surface area contributed by atoms with E-state index in [1.807, 2.05) is 6.07 Å². The first-order valence-electron chi connectivity index (χ1n) is 4.45. The van der Waals surface area contributed by atoms with Gasteiger partial charge >= 0.3 is 0 Å². The van der Waals surface area contributed by atoms with Gasteiger partial charge in [-0.3, -0.25) is 0 Å². The van der Waals surface area contributed by atoms with Gasteiger partial charge in [-0.1, -0.05) is 0 Å². The molecule has 1 fully saturated rings. The normalized spacial score (nSPS) is 22.2. The molecule has 0 spiro atoms. The molecule has 3 heteroatoms. The van der Waals surface area contributed by atoms with Crippen molar-refractivity contribution in [2.45, 2.75) is 18.9 Å². The molecule has 1 N–H and O–H groups in total. The van der Waals surface area contributed by atoms with Crippen LogP contribution in [0.25, 0.3) is 0 Å². The summed E-state index contributed by atoms with van der Waals surface area (Å²) in [6.45, 7) is 1.05. The topological polar surface area (TPSA) is 12.0 Å². The van der Waals surface area contributed by atoms with E-state index in [1.54, 1.807) is 12.1 Å². The largest absolute Gasteiger partial charge is 0.310 e. The number of benzene rings is 1. The fourth-order valence-electron chi connectivity index (χ4n) is 1.75. The molecule has 1 aromatic rings. The van der Waals surface area contributed by atoms with Gasteiger partial charge in [-0.25, -0.2) is 4.39 Å². The molecule has 13 heavy (non-hydrogen) atoms. The highest BCUT2D eigenvalue weighted by Crippen LogP contribution is 2.24. The Bertz CT molecular complexity index is 288. The predicted molar refractivity (Wildman–Crippen MR) is 59.1 cm³/mol. The Morgan fingerprint density at radius 1 is 1.38 bits per heavy atom. The fourth-order valence-corrected chi connectivity index (χ4v) is 2.40. The molecule has 0 aromatic heterocycles. The molecule has 1 aliphatic heterocycles. The minimum Gasteiger partial charge on any atom is -0.310 e. The third-order valence-electron chi connectivity index (χ3n) is 2.35. The maximum Gasteiger partial charge on any atom is 0.124 e. The molecule has 1 aromatic carbocycles. The summed E-state index contributed by atoms with van der Waals surface area (Å²) in [6.07, 6.45) is 2.32. The smallest absolute Gasteiger partial charge is 0.124 e. The molecule has 0 amide bonds. The van der Waals surface area contributed by atoms with Crippen LogP contribution in [-0.2, 0) is 0 Å². The van der Waals surface area contributed by atoms with Crippen molar-refractivity contribution < 1.29 is 4.39 Å². The van der Waals surface area contributed by atoms with Crippen molar-refractivity contribution in [2.24, 2.45) is 0 Å². The summed E-state index contributed by atoms with van der Waals surface area (Å²) < 4.78 is 14.0. The van der Waals surface area contributed by atoms with E-state index < -0.39 is 0 Å². The van der Waals surface area contributed by atoms with E-state index in [0.29, 0.717) is 6.04 Å². The first-order chi connectivity index (χ1) is 6.25. The Hall–Kier alpha value is -0.160. The summed E-state index contributed by atoms with van der Waals surface area (Å²) in [5.74, 6) is -0.129. The van der Waals surface area contributed by atoms with Crippen molar-refractivity contribution in [3.63, 3.8) is 0 Å². The monoisotopic (exact) mass is 291 g/mol. The molecule has 0 unspecified atom stereocenters. The molecule has 1 aliphatic rings. The van der Waals surface area contributed by atoms with Crippen LogP contribution in [0.4, 0.5) is 4.39 Å². The minimum absolute atomic E-state index is 0.129. The van der Waals surface area contributed by atoms with Gasteiger partial charge in [-0.15, -0.1) is 0 Å². The number of nitrogens with one attached hydrogen (secondary N) is 1. The standard InChI is InChI=1S/C10H11FIN/c11-8-4-7(5-9(12)6-8)10-2-1-3-13-10/h4-6,10,13H,1-3H2/t10-/m0/s1. The Balaban J connectivity index is 2.28. The second-order valence-corrected chi connectivity index (χ2v) is 4.60. The van der Waals surface area contributed by atoms with E-state index in [4.69, 9.17) is 0 Å². The van der Waals surface area contributed by atoms with Crippen LogP contribution < -0.4 is 5.32 Å². The lowest BCUT2D eigenvalue weighted by Gasteiger charge is -2.10. The second-order valence-electron chi connectivity index (χ2n) is 3.35. The molecule has 1 heterocycles. The van der Waals surface area contributed by atoms with E-state index in [-0.39, 0.29) is 5.82 Å². The molecule has 2 rings (SSSR count). The van der Waals surface area contributed by atoms with Crippen LogP contribution in [0.1, 0.15) is 24.4 Å². The SMILES string of the molecule is Fc1cc(I)cc([C@@H]2CCCN2)c1. The van der Waals surface area contributed by atoms with E-state index in [1.165, 1.54) is 6.42 Å². The van der Waals surface area contributed by atoms with Crippen molar-refractivity contribution >= 4 is 22.6 Å². The van der Waals surface area contributed by atoms with Crippen LogP contribution in [-0.4, -0.2) is 6.54 Å². The van der Waals surface area contributed by atoms with Crippen LogP contribution in [0, 0.1) is 9.39 Å². The lowest BCUT2D eigenvalue weighted by atomic mass is 10.1. The number of hydrogen-bond donors (Lipinski definition) is 1. The third-order valence-corrected chi connectivity index (χ3v) is 2.97. The lowest BCUT2D eigenvalue weighted by Crippen LogP contribution is -2.13. The molecular formula is C10H11FIN. The molecule has 0 radical (unpaired) electrons. The van der Waals surface area contributed by atoms with Crippen LogP contribution in [0.3, 0.4) is 0 Å². The summed E-state index contributed by atoms with van der Waals surface area (Å²) >= 11 is 2.15. The average Bonchev–Trinajstić information content (AvgIpc) is 2.53. The number of hydrogen-bond acceptors (Lipinski definition) is 1. The maximum atomic E-state index is 13.0. The molecule has 0 aliphatic carbocycles. The molecule has 70 valence electrons. The quantitative estimate of drug-likeness (QED) is 0.785. The first-order valence-corrected chi connectivity index (χ1v) is 5.53. The third kappa shape index (κ3) is 2.20. The highest BCUT2D eigenvalue weighted by Gasteiger charge is 2.16. The van der Waals surface area contributed by atoms with Gasteiger partial charge in [0.05, 0.1) is 0 Å². The summed E-state index contributed by atoms with van der Waals surface area (Å²) in [5, 5.41) is 3.36. The Labute approximate surface area is 90.9 Å². The zero-order valence-electron chi connectivity index (χ0n) is 7.19. The summed E-state index contributed by atoms with van der Waals surface area (Å²) in [6, 6.07) is 5.60. The van der Waals surface area contributed by atoms with Crippen molar-refractivity contribution in [2.75, 3.05) is 6.54 Å². The minimum atomic E-state index is -0.129. The Morgan fingerprint density at radius 2 is 2.23 bits per heavy atom. The Kier molecular flexibility index (Phi) is 2.83. The molecular weight excluding hydrogens is 280 g/mol. The van der Waals surface area contributed by atoms with Crippen LogP contribution >= 0.6 is 22.6 Å². The van der Waals surface area contributed by atoms with Gasteiger partial charge in [0, 0.05) is 9.61 Å².